The van der Waals surface area contributed by atoms with Gasteiger partial charge in [0.1, 0.15) is 16.8 Å². The van der Waals surface area contributed by atoms with Crippen LogP contribution in [0.1, 0.15) is 10.4 Å². The second kappa shape index (κ2) is 5.78. The largest absolute Gasteiger partial charge is 0.506 e. The molecule has 0 saturated carbocycles. The molecule has 8 nitrogen and oxygen atoms in total. The standard InChI is InChI=1S/C18H14N4O4S/c1-27(25,26)10-6-7-14-15(8-10)21-22(20-14)16-9-13(18(19)24)17(23)12-5-3-2-4-11(12)16/h2-9,23H,1H3,(H2,19,24). The third-order valence-corrected chi connectivity index (χ3v) is 5.37. The molecule has 0 aliphatic rings. The fourth-order valence-corrected chi connectivity index (χ4v) is 3.57. The summed E-state index contributed by atoms with van der Waals surface area (Å²) in [7, 11) is -3.38. The van der Waals surface area contributed by atoms with E-state index >= 15 is 0 Å². The lowest BCUT2D eigenvalue weighted by Crippen LogP contribution is -2.12. The Balaban J connectivity index is 2.02. The zero-order valence-corrected chi connectivity index (χ0v) is 14.9. The molecule has 1 heterocycles. The molecule has 0 atom stereocenters. The van der Waals surface area contributed by atoms with Gasteiger partial charge in [0, 0.05) is 17.0 Å². The van der Waals surface area contributed by atoms with Crippen molar-refractivity contribution in [1.82, 2.24) is 15.0 Å². The van der Waals surface area contributed by atoms with E-state index in [9.17, 15) is 18.3 Å². The maximum absolute atomic E-state index is 11.8. The first-order valence-electron chi connectivity index (χ1n) is 7.88. The highest BCUT2D eigenvalue weighted by molar-refractivity contribution is 7.90. The molecule has 136 valence electrons. The van der Waals surface area contributed by atoms with E-state index in [4.69, 9.17) is 5.73 Å². The summed E-state index contributed by atoms with van der Waals surface area (Å²) < 4.78 is 23.5. The van der Waals surface area contributed by atoms with Gasteiger partial charge in [0.25, 0.3) is 5.91 Å². The van der Waals surface area contributed by atoms with E-state index in [0.29, 0.717) is 27.5 Å². The molecule has 0 spiro atoms. The molecule has 9 heteroatoms. The highest BCUT2D eigenvalue weighted by atomic mass is 32.2. The zero-order valence-electron chi connectivity index (χ0n) is 14.1. The molecule has 3 aromatic carbocycles. The van der Waals surface area contributed by atoms with E-state index in [1.165, 1.54) is 23.0 Å². The van der Waals surface area contributed by atoms with Crippen LogP contribution < -0.4 is 5.73 Å². The van der Waals surface area contributed by atoms with E-state index in [1.54, 1.807) is 30.3 Å². The van der Waals surface area contributed by atoms with E-state index in [-0.39, 0.29) is 16.2 Å². The van der Waals surface area contributed by atoms with Crippen molar-refractivity contribution in [3.63, 3.8) is 0 Å². The van der Waals surface area contributed by atoms with Crippen molar-refractivity contribution < 1.29 is 18.3 Å². The third-order valence-electron chi connectivity index (χ3n) is 4.26. The van der Waals surface area contributed by atoms with Gasteiger partial charge >= 0.3 is 0 Å². The van der Waals surface area contributed by atoms with Crippen molar-refractivity contribution in [2.75, 3.05) is 6.26 Å². The predicted octanol–water partition coefficient (Wildman–Crippen LogP) is 1.78. The monoisotopic (exact) mass is 382 g/mol. The van der Waals surface area contributed by atoms with Gasteiger partial charge in [0.15, 0.2) is 9.84 Å². The second-order valence-electron chi connectivity index (χ2n) is 6.11. The van der Waals surface area contributed by atoms with Gasteiger partial charge in [-0.25, -0.2) is 8.42 Å². The summed E-state index contributed by atoms with van der Waals surface area (Å²) >= 11 is 0. The molecule has 1 amide bonds. The molecule has 3 N–H and O–H groups in total. The highest BCUT2D eigenvalue weighted by Crippen LogP contribution is 2.33. The van der Waals surface area contributed by atoms with Crippen LogP contribution >= 0.6 is 0 Å². The Kier molecular flexibility index (Phi) is 3.63. The molecule has 0 bridgehead atoms. The number of nitrogens with zero attached hydrogens (tertiary/aromatic N) is 3. The van der Waals surface area contributed by atoms with Crippen LogP contribution in [0.15, 0.2) is 53.4 Å². The third kappa shape index (κ3) is 2.77. The summed E-state index contributed by atoms with van der Waals surface area (Å²) in [6.07, 6.45) is 1.12. The number of phenols is 1. The van der Waals surface area contributed by atoms with Gasteiger partial charge in [0.05, 0.1) is 16.1 Å². The number of benzene rings is 3. The molecule has 4 aromatic rings. The smallest absolute Gasteiger partial charge is 0.252 e. The summed E-state index contributed by atoms with van der Waals surface area (Å²) in [6, 6.07) is 12.8. The number of rotatable bonds is 3. The Bertz CT molecular complexity index is 1340. The lowest BCUT2D eigenvalue weighted by Gasteiger charge is -2.10. The van der Waals surface area contributed by atoms with Gasteiger partial charge < -0.3 is 10.8 Å². The SMILES string of the molecule is CS(=O)(=O)c1ccc2nn(-c3cc(C(N)=O)c(O)c4ccccc34)nc2c1. The van der Waals surface area contributed by atoms with Crippen LogP contribution in [0, 0.1) is 0 Å². The number of hydrogen-bond donors (Lipinski definition) is 2. The van der Waals surface area contributed by atoms with Crippen LogP contribution in [0.3, 0.4) is 0 Å². The lowest BCUT2D eigenvalue weighted by atomic mass is 10.0. The number of amides is 1. The Morgan fingerprint density at radius 3 is 2.37 bits per heavy atom. The minimum atomic E-state index is -3.38. The zero-order chi connectivity index (χ0) is 19.3. The first kappa shape index (κ1) is 17.0. The Labute approximate surface area is 153 Å². The first-order chi connectivity index (χ1) is 12.8. The molecule has 0 radical (unpaired) electrons. The summed E-state index contributed by atoms with van der Waals surface area (Å²) in [4.78, 5) is 13.2. The fourth-order valence-electron chi connectivity index (χ4n) is 2.93. The van der Waals surface area contributed by atoms with E-state index in [2.05, 4.69) is 10.2 Å². The lowest BCUT2D eigenvalue weighted by molar-refractivity contribution is 0.0998. The average Bonchev–Trinajstić information content (AvgIpc) is 3.04. The van der Waals surface area contributed by atoms with Crippen molar-refractivity contribution in [3.8, 4) is 11.4 Å². The van der Waals surface area contributed by atoms with Crippen molar-refractivity contribution >= 4 is 37.6 Å². The van der Waals surface area contributed by atoms with Gasteiger partial charge in [-0.3, -0.25) is 4.79 Å². The molecular formula is C18H14N4O4S. The average molecular weight is 382 g/mol. The minimum Gasteiger partial charge on any atom is -0.506 e. The van der Waals surface area contributed by atoms with Crippen LogP contribution in [0.4, 0.5) is 0 Å². The molecule has 0 aliphatic heterocycles. The molecule has 0 saturated heterocycles. The predicted molar refractivity (Wildman–Crippen MR) is 99.7 cm³/mol. The summed E-state index contributed by atoms with van der Waals surface area (Å²) in [5.41, 5.74) is 6.64. The van der Waals surface area contributed by atoms with Crippen molar-refractivity contribution in [3.05, 3.63) is 54.1 Å². The second-order valence-corrected chi connectivity index (χ2v) is 8.13. The molecule has 27 heavy (non-hydrogen) atoms. The number of carbonyl (C=O) groups excluding carboxylic acids is 1. The van der Waals surface area contributed by atoms with Crippen molar-refractivity contribution in [2.24, 2.45) is 5.73 Å². The Morgan fingerprint density at radius 2 is 1.70 bits per heavy atom. The maximum Gasteiger partial charge on any atom is 0.252 e. The van der Waals surface area contributed by atoms with Gasteiger partial charge in [-0.15, -0.1) is 15.0 Å². The van der Waals surface area contributed by atoms with Crippen LogP contribution in [0.2, 0.25) is 0 Å². The molecule has 0 unspecified atom stereocenters. The van der Waals surface area contributed by atoms with E-state index in [1.807, 2.05) is 0 Å². The number of aromatic hydroxyl groups is 1. The number of carbonyl (C=O) groups is 1. The normalized spacial score (nSPS) is 11.9. The van der Waals surface area contributed by atoms with E-state index < -0.39 is 15.7 Å². The van der Waals surface area contributed by atoms with Gasteiger partial charge in [0.2, 0.25) is 0 Å². The number of nitrogens with two attached hydrogens (primary N) is 1. The van der Waals surface area contributed by atoms with Gasteiger partial charge in [-0.2, -0.15) is 0 Å². The number of sulfone groups is 1. The number of aromatic nitrogens is 3. The van der Waals surface area contributed by atoms with Crippen molar-refractivity contribution in [1.29, 1.82) is 0 Å². The summed E-state index contributed by atoms with van der Waals surface area (Å²) in [6.45, 7) is 0. The summed E-state index contributed by atoms with van der Waals surface area (Å²) in [5.74, 6) is -0.992. The summed E-state index contributed by atoms with van der Waals surface area (Å²) in [5, 5.41) is 20.1. The molecule has 4 rings (SSSR count). The van der Waals surface area contributed by atoms with Crippen LogP contribution in [-0.2, 0) is 9.84 Å². The van der Waals surface area contributed by atoms with Crippen molar-refractivity contribution in [2.45, 2.75) is 4.90 Å². The van der Waals surface area contributed by atoms with Gasteiger partial charge in [-0.1, -0.05) is 24.3 Å². The minimum absolute atomic E-state index is 0.0538. The molecule has 1 aromatic heterocycles. The number of primary amides is 1. The topological polar surface area (TPSA) is 128 Å². The van der Waals surface area contributed by atoms with E-state index in [0.717, 1.165) is 6.26 Å². The molecule has 0 fully saturated rings. The van der Waals surface area contributed by atoms with Crippen LogP contribution in [-0.4, -0.2) is 40.7 Å². The highest BCUT2D eigenvalue weighted by Gasteiger charge is 2.18. The maximum atomic E-state index is 11.8. The molecule has 0 aliphatic carbocycles. The quantitative estimate of drug-likeness (QED) is 0.556. The molecular weight excluding hydrogens is 368 g/mol. The van der Waals surface area contributed by atoms with Crippen LogP contribution in [0.5, 0.6) is 5.75 Å². The number of fused-ring (bicyclic) bond motifs is 2. The first-order valence-corrected chi connectivity index (χ1v) is 9.77. The Hall–Kier alpha value is -3.46. The van der Waals surface area contributed by atoms with Crippen LogP contribution in [0.25, 0.3) is 27.5 Å². The number of hydrogen-bond acceptors (Lipinski definition) is 6. The fraction of sp³-hybridized carbons (Fsp3) is 0.0556. The Morgan fingerprint density at radius 1 is 1.04 bits per heavy atom. The van der Waals surface area contributed by atoms with Gasteiger partial charge in [-0.05, 0) is 24.3 Å².